The highest BCUT2D eigenvalue weighted by Gasteiger charge is 2.38. The van der Waals surface area contributed by atoms with E-state index in [1.54, 1.807) is 23.1 Å². The van der Waals surface area contributed by atoms with Gasteiger partial charge in [0.25, 0.3) is 5.91 Å². The Labute approximate surface area is 113 Å². The Hall–Kier alpha value is -0.940. The molecule has 0 saturated carbocycles. The van der Waals surface area contributed by atoms with E-state index >= 15 is 0 Å². The van der Waals surface area contributed by atoms with Crippen LogP contribution < -0.4 is 5.32 Å². The summed E-state index contributed by atoms with van der Waals surface area (Å²) < 4.78 is 14.2. The van der Waals surface area contributed by atoms with E-state index in [1.807, 2.05) is 0 Å². The number of fused-ring (bicyclic) bond motifs is 1. The molecule has 2 atom stereocenters. The zero-order valence-corrected chi connectivity index (χ0v) is 11.4. The fourth-order valence-corrected chi connectivity index (χ4v) is 3.23. The third-order valence-electron chi connectivity index (χ3n) is 3.86. The normalized spacial score (nSPS) is 26.4. The molecule has 2 heterocycles. The van der Waals surface area contributed by atoms with Gasteiger partial charge in [0.05, 0.1) is 10.0 Å². The number of amides is 1. The van der Waals surface area contributed by atoms with E-state index in [0.29, 0.717) is 16.3 Å². The second kappa shape index (κ2) is 4.63. The second-order valence-corrected chi connectivity index (χ2v) is 5.84. The lowest BCUT2D eigenvalue weighted by Gasteiger charge is -2.18. The quantitative estimate of drug-likeness (QED) is 0.859. The summed E-state index contributed by atoms with van der Waals surface area (Å²) in [5, 5.41) is 3.32. The number of carbonyl (C=O) groups excluding carboxylic acids is 1. The van der Waals surface area contributed by atoms with Crippen LogP contribution in [0, 0.1) is 17.7 Å². The van der Waals surface area contributed by atoms with Gasteiger partial charge < -0.3 is 10.2 Å². The minimum atomic E-state index is -0.460. The highest BCUT2D eigenvalue weighted by atomic mass is 79.9. The van der Waals surface area contributed by atoms with Gasteiger partial charge in [0, 0.05) is 26.2 Å². The molecule has 2 aliphatic heterocycles. The van der Waals surface area contributed by atoms with Crippen LogP contribution in [0.25, 0.3) is 0 Å². The Morgan fingerprint density at radius 1 is 1.33 bits per heavy atom. The Bertz CT molecular complexity index is 482. The van der Waals surface area contributed by atoms with Gasteiger partial charge in [-0.2, -0.15) is 0 Å². The number of likely N-dealkylation sites (tertiary alicyclic amines) is 1. The fourth-order valence-electron chi connectivity index (χ4n) is 2.86. The van der Waals surface area contributed by atoms with Crippen LogP contribution in [-0.2, 0) is 0 Å². The topological polar surface area (TPSA) is 32.3 Å². The average Bonchev–Trinajstić information content (AvgIpc) is 2.92. The average molecular weight is 313 g/mol. The van der Waals surface area contributed by atoms with Crippen molar-refractivity contribution in [3.8, 4) is 0 Å². The summed E-state index contributed by atoms with van der Waals surface area (Å²) in [5.74, 6) is 0.411. The van der Waals surface area contributed by atoms with Gasteiger partial charge in [0.1, 0.15) is 5.82 Å². The minimum absolute atomic E-state index is 0.164. The first-order chi connectivity index (χ1) is 8.66. The fraction of sp³-hybridized carbons (Fsp3) is 0.462. The third-order valence-corrected chi connectivity index (χ3v) is 4.47. The van der Waals surface area contributed by atoms with Gasteiger partial charge >= 0.3 is 0 Å². The van der Waals surface area contributed by atoms with Crippen molar-refractivity contribution < 1.29 is 9.18 Å². The van der Waals surface area contributed by atoms with Crippen molar-refractivity contribution in [1.82, 2.24) is 10.2 Å². The van der Waals surface area contributed by atoms with Crippen LogP contribution in [0.4, 0.5) is 4.39 Å². The number of benzene rings is 1. The molecule has 0 bridgehead atoms. The summed E-state index contributed by atoms with van der Waals surface area (Å²) in [6.07, 6.45) is 0. The minimum Gasteiger partial charge on any atom is -0.338 e. The smallest absolute Gasteiger partial charge is 0.256 e. The standard InChI is InChI=1S/C13H14BrFN2O/c14-11-3-1-2-10(12(11)15)13(18)17-6-8-4-16-5-9(8)7-17/h1-3,8-9,16H,4-7H2. The summed E-state index contributed by atoms with van der Waals surface area (Å²) in [6, 6.07) is 4.85. The highest BCUT2D eigenvalue weighted by molar-refractivity contribution is 9.10. The van der Waals surface area contributed by atoms with Gasteiger partial charge in [-0.1, -0.05) is 6.07 Å². The molecule has 2 fully saturated rings. The summed E-state index contributed by atoms with van der Waals surface area (Å²) in [7, 11) is 0. The van der Waals surface area contributed by atoms with Crippen LogP contribution in [0.15, 0.2) is 22.7 Å². The van der Waals surface area contributed by atoms with Crippen molar-refractivity contribution in [2.75, 3.05) is 26.2 Å². The molecule has 0 aliphatic carbocycles. The van der Waals surface area contributed by atoms with Crippen molar-refractivity contribution in [3.63, 3.8) is 0 Å². The lowest BCUT2D eigenvalue weighted by molar-refractivity contribution is 0.0777. The van der Waals surface area contributed by atoms with Crippen LogP contribution in [0.1, 0.15) is 10.4 Å². The van der Waals surface area contributed by atoms with E-state index in [9.17, 15) is 9.18 Å². The lowest BCUT2D eigenvalue weighted by Crippen LogP contribution is -2.32. The number of rotatable bonds is 1. The van der Waals surface area contributed by atoms with Gasteiger partial charge in [-0.05, 0) is 39.9 Å². The maximum Gasteiger partial charge on any atom is 0.256 e. The molecule has 96 valence electrons. The van der Waals surface area contributed by atoms with Gasteiger partial charge in [0.2, 0.25) is 0 Å². The molecule has 0 radical (unpaired) electrons. The van der Waals surface area contributed by atoms with Gasteiger partial charge in [-0.25, -0.2) is 4.39 Å². The number of carbonyl (C=O) groups is 1. The van der Waals surface area contributed by atoms with Crippen LogP contribution in [0.2, 0.25) is 0 Å². The number of hydrogen-bond acceptors (Lipinski definition) is 2. The van der Waals surface area contributed by atoms with E-state index in [0.717, 1.165) is 26.2 Å². The molecule has 18 heavy (non-hydrogen) atoms. The molecule has 2 unspecified atom stereocenters. The maximum absolute atomic E-state index is 13.9. The van der Waals surface area contributed by atoms with Crippen LogP contribution in [0.3, 0.4) is 0 Å². The number of nitrogens with one attached hydrogen (secondary N) is 1. The summed E-state index contributed by atoms with van der Waals surface area (Å²) in [5.41, 5.74) is 0.164. The zero-order valence-electron chi connectivity index (χ0n) is 9.83. The first-order valence-corrected chi connectivity index (χ1v) is 6.90. The summed E-state index contributed by atoms with van der Waals surface area (Å²) in [6.45, 7) is 3.41. The molecule has 1 N–H and O–H groups in total. The van der Waals surface area contributed by atoms with Crippen molar-refractivity contribution in [3.05, 3.63) is 34.1 Å². The van der Waals surface area contributed by atoms with Crippen molar-refractivity contribution in [2.45, 2.75) is 0 Å². The largest absolute Gasteiger partial charge is 0.338 e. The monoisotopic (exact) mass is 312 g/mol. The van der Waals surface area contributed by atoms with Gasteiger partial charge in [-0.3, -0.25) is 4.79 Å². The van der Waals surface area contributed by atoms with E-state index in [2.05, 4.69) is 21.2 Å². The first-order valence-electron chi connectivity index (χ1n) is 6.11. The number of nitrogens with zero attached hydrogens (tertiary/aromatic N) is 1. The Kier molecular flexibility index (Phi) is 3.11. The molecule has 3 nitrogen and oxygen atoms in total. The molecule has 0 aromatic heterocycles. The molecule has 1 aromatic rings. The molecular weight excluding hydrogens is 299 g/mol. The van der Waals surface area contributed by atoms with Gasteiger partial charge in [-0.15, -0.1) is 0 Å². The second-order valence-electron chi connectivity index (χ2n) is 4.99. The van der Waals surface area contributed by atoms with Crippen molar-refractivity contribution in [2.24, 2.45) is 11.8 Å². The van der Waals surface area contributed by atoms with E-state index in [1.165, 1.54) is 0 Å². The molecule has 5 heteroatoms. The first kappa shape index (κ1) is 12.1. The number of halogens is 2. The molecule has 1 amide bonds. The van der Waals surface area contributed by atoms with E-state index in [-0.39, 0.29) is 11.5 Å². The van der Waals surface area contributed by atoms with Crippen LogP contribution >= 0.6 is 15.9 Å². The van der Waals surface area contributed by atoms with E-state index in [4.69, 9.17) is 0 Å². The van der Waals surface area contributed by atoms with E-state index < -0.39 is 5.82 Å². The SMILES string of the molecule is O=C(c1cccc(Br)c1F)N1CC2CNCC2C1. The molecule has 3 rings (SSSR count). The Morgan fingerprint density at radius 2 is 2.00 bits per heavy atom. The molecule has 0 spiro atoms. The Morgan fingerprint density at radius 3 is 2.67 bits per heavy atom. The van der Waals surface area contributed by atoms with Crippen LogP contribution in [-0.4, -0.2) is 37.0 Å². The molecule has 2 saturated heterocycles. The van der Waals surface area contributed by atoms with Crippen LogP contribution in [0.5, 0.6) is 0 Å². The lowest BCUT2D eigenvalue weighted by atomic mass is 10.0. The summed E-state index contributed by atoms with van der Waals surface area (Å²) in [4.78, 5) is 14.1. The predicted molar refractivity (Wildman–Crippen MR) is 69.9 cm³/mol. The molecule has 1 aromatic carbocycles. The van der Waals surface area contributed by atoms with Gasteiger partial charge in [0.15, 0.2) is 0 Å². The third kappa shape index (κ3) is 1.95. The zero-order chi connectivity index (χ0) is 12.7. The number of hydrogen-bond donors (Lipinski definition) is 1. The predicted octanol–water partition coefficient (Wildman–Crippen LogP) is 1.88. The molecular formula is C13H14BrFN2O. The maximum atomic E-state index is 13.9. The summed E-state index contributed by atoms with van der Waals surface area (Å²) >= 11 is 3.12. The molecule has 2 aliphatic rings. The van der Waals surface area contributed by atoms with Crippen molar-refractivity contribution >= 4 is 21.8 Å². The van der Waals surface area contributed by atoms with Crippen molar-refractivity contribution in [1.29, 1.82) is 0 Å². The Balaban J connectivity index is 1.81. The highest BCUT2D eigenvalue weighted by Crippen LogP contribution is 2.28.